The fourth-order valence-electron chi connectivity index (χ4n) is 2.63. The molecule has 0 aliphatic rings. The molecule has 0 aromatic rings. The maximum absolute atomic E-state index is 2.42. The summed E-state index contributed by atoms with van der Waals surface area (Å²) in [4.78, 5) is 0. The van der Waals surface area contributed by atoms with Gasteiger partial charge in [0.1, 0.15) is 0 Å². The first-order valence-corrected chi connectivity index (χ1v) is 7.89. The lowest BCUT2D eigenvalue weighted by molar-refractivity contribution is 0.313. The Bertz CT molecular complexity index is 163. The fraction of sp³-hybridized carbons (Fsp3) is 1.00. The van der Waals surface area contributed by atoms with Gasteiger partial charge in [-0.2, -0.15) is 0 Å². The Labute approximate surface area is 111 Å². The summed E-state index contributed by atoms with van der Waals surface area (Å²) in [5, 5.41) is 0. The van der Waals surface area contributed by atoms with Crippen molar-refractivity contribution in [3.63, 3.8) is 0 Å². The van der Waals surface area contributed by atoms with Crippen LogP contribution in [0.25, 0.3) is 0 Å². The van der Waals surface area contributed by atoms with Crippen LogP contribution in [0.1, 0.15) is 92.9 Å². The van der Waals surface area contributed by atoms with Crippen molar-refractivity contribution >= 4 is 0 Å². The van der Waals surface area contributed by atoms with Crippen molar-refractivity contribution in [2.45, 2.75) is 92.9 Å². The Morgan fingerprint density at radius 1 is 0.882 bits per heavy atom. The molecular formula is C17H36. The molecule has 0 aliphatic carbocycles. The second kappa shape index (κ2) is 9.00. The third-order valence-electron chi connectivity index (χ3n) is 3.97. The van der Waals surface area contributed by atoms with Gasteiger partial charge in [-0.1, -0.05) is 86.5 Å². The Hall–Kier alpha value is 0. The van der Waals surface area contributed by atoms with Gasteiger partial charge in [-0.25, -0.2) is 0 Å². The summed E-state index contributed by atoms with van der Waals surface area (Å²) in [6, 6.07) is 0. The lowest BCUT2D eigenvalue weighted by atomic mass is 9.85. The minimum Gasteiger partial charge on any atom is -0.0654 e. The van der Waals surface area contributed by atoms with Crippen molar-refractivity contribution in [1.29, 1.82) is 0 Å². The van der Waals surface area contributed by atoms with Crippen LogP contribution in [0.3, 0.4) is 0 Å². The molecule has 0 saturated heterocycles. The van der Waals surface area contributed by atoms with E-state index in [0.29, 0.717) is 5.41 Å². The Kier molecular flexibility index (Phi) is 9.00. The van der Waals surface area contributed by atoms with Crippen LogP contribution in [0, 0.1) is 17.3 Å². The van der Waals surface area contributed by atoms with Crippen molar-refractivity contribution in [2.24, 2.45) is 17.3 Å². The van der Waals surface area contributed by atoms with Gasteiger partial charge in [0.05, 0.1) is 0 Å². The molecule has 0 N–H and O–H groups in total. The largest absolute Gasteiger partial charge is 0.0654 e. The zero-order chi connectivity index (χ0) is 13.3. The monoisotopic (exact) mass is 240 g/mol. The molecule has 0 aliphatic heterocycles. The molecule has 0 spiro atoms. The summed E-state index contributed by atoms with van der Waals surface area (Å²) in [7, 11) is 0. The smallest absolute Gasteiger partial charge is 0.0383 e. The average molecular weight is 240 g/mol. The lowest BCUT2D eigenvalue weighted by Crippen LogP contribution is -2.07. The van der Waals surface area contributed by atoms with Gasteiger partial charge >= 0.3 is 0 Å². The summed E-state index contributed by atoms with van der Waals surface area (Å²) in [5.41, 5.74) is 0.522. The molecule has 0 aromatic heterocycles. The van der Waals surface area contributed by atoms with Crippen molar-refractivity contribution in [3.05, 3.63) is 0 Å². The molecule has 0 rings (SSSR count). The minimum atomic E-state index is 0.522. The van der Waals surface area contributed by atoms with E-state index in [9.17, 15) is 0 Å². The fourth-order valence-corrected chi connectivity index (χ4v) is 2.63. The first-order valence-electron chi connectivity index (χ1n) is 7.89. The average Bonchev–Trinajstić information content (AvgIpc) is 2.22. The van der Waals surface area contributed by atoms with Crippen molar-refractivity contribution in [1.82, 2.24) is 0 Å². The molecular weight excluding hydrogens is 204 g/mol. The predicted octanol–water partition coefficient (Wildman–Crippen LogP) is 6.45. The van der Waals surface area contributed by atoms with Crippen LogP contribution in [-0.2, 0) is 0 Å². The molecule has 0 bridgehead atoms. The van der Waals surface area contributed by atoms with E-state index in [1.807, 2.05) is 0 Å². The standard InChI is InChI=1S/C17H36/c1-7-10-15(3)12-13-16(8-2)11-9-14-17(4,5)6/h15-16H,7-14H2,1-6H3. The molecule has 2 atom stereocenters. The lowest BCUT2D eigenvalue weighted by Gasteiger charge is -2.21. The number of hydrogen-bond acceptors (Lipinski definition) is 0. The second-order valence-electron chi connectivity index (χ2n) is 7.20. The van der Waals surface area contributed by atoms with E-state index >= 15 is 0 Å². The zero-order valence-electron chi connectivity index (χ0n) is 13.3. The van der Waals surface area contributed by atoms with Crippen LogP contribution in [0.2, 0.25) is 0 Å². The zero-order valence-corrected chi connectivity index (χ0v) is 13.3. The Morgan fingerprint density at radius 2 is 1.53 bits per heavy atom. The predicted molar refractivity (Wildman–Crippen MR) is 80.4 cm³/mol. The van der Waals surface area contributed by atoms with Gasteiger partial charge in [-0.15, -0.1) is 0 Å². The highest BCUT2D eigenvalue weighted by molar-refractivity contribution is 4.65. The molecule has 0 nitrogen and oxygen atoms in total. The molecule has 0 aromatic carbocycles. The highest BCUT2D eigenvalue weighted by Gasteiger charge is 2.13. The molecule has 17 heavy (non-hydrogen) atoms. The van der Waals surface area contributed by atoms with E-state index in [4.69, 9.17) is 0 Å². The molecule has 0 fully saturated rings. The van der Waals surface area contributed by atoms with Gasteiger partial charge in [0, 0.05) is 0 Å². The van der Waals surface area contributed by atoms with E-state index in [0.717, 1.165) is 11.8 Å². The van der Waals surface area contributed by atoms with Crippen LogP contribution in [0.4, 0.5) is 0 Å². The third kappa shape index (κ3) is 10.9. The summed E-state index contributed by atoms with van der Waals surface area (Å²) in [6.07, 6.45) is 11.3. The van der Waals surface area contributed by atoms with E-state index in [2.05, 4.69) is 41.5 Å². The van der Waals surface area contributed by atoms with Crippen LogP contribution < -0.4 is 0 Å². The van der Waals surface area contributed by atoms with Crippen LogP contribution in [0.5, 0.6) is 0 Å². The highest BCUT2D eigenvalue weighted by atomic mass is 14.2. The highest BCUT2D eigenvalue weighted by Crippen LogP contribution is 2.27. The normalized spacial score (nSPS) is 15.9. The molecule has 0 radical (unpaired) electrons. The summed E-state index contributed by atoms with van der Waals surface area (Å²) in [6.45, 7) is 14.2. The maximum atomic E-state index is 2.42. The topological polar surface area (TPSA) is 0 Å². The quantitative estimate of drug-likeness (QED) is 0.434. The summed E-state index contributed by atoms with van der Waals surface area (Å²) < 4.78 is 0. The Balaban J connectivity index is 3.69. The summed E-state index contributed by atoms with van der Waals surface area (Å²) >= 11 is 0. The second-order valence-corrected chi connectivity index (χ2v) is 7.20. The van der Waals surface area contributed by atoms with E-state index in [1.54, 1.807) is 0 Å². The number of hydrogen-bond donors (Lipinski definition) is 0. The van der Waals surface area contributed by atoms with Gasteiger partial charge in [-0.05, 0) is 23.7 Å². The van der Waals surface area contributed by atoms with E-state index < -0.39 is 0 Å². The van der Waals surface area contributed by atoms with Gasteiger partial charge in [0.25, 0.3) is 0 Å². The van der Waals surface area contributed by atoms with Gasteiger partial charge in [-0.3, -0.25) is 0 Å². The SMILES string of the molecule is CCCC(C)CCC(CC)CCCC(C)(C)C. The first kappa shape index (κ1) is 17.0. The van der Waals surface area contributed by atoms with E-state index in [1.165, 1.54) is 51.4 Å². The van der Waals surface area contributed by atoms with Crippen LogP contribution in [0.15, 0.2) is 0 Å². The van der Waals surface area contributed by atoms with Crippen molar-refractivity contribution in [3.8, 4) is 0 Å². The molecule has 0 saturated carbocycles. The molecule has 0 amide bonds. The minimum absolute atomic E-state index is 0.522. The van der Waals surface area contributed by atoms with Gasteiger partial charge < -0.3 is 0 Å². The Morgan fingerprint density at radius 3 is 2.00 bits per heavy atom. The molecule has 0 heteroatoms. The maximum Gasteiger partial charge on any atom is -0.0383 e. The van der Waals surface area contributed by atoms with E-state index in [-0.39, 0.29) is 0 Å². The number of rotatable bonds is 9. The third-order valence-corrected chi connectivity index (χ3v) is 3.97. The summed E-state index contributed by atoms with van der Waals surface area (Å²) in [5.74, 6) is 1.92. The molecule has 104 valence electrons. The first-order chi connectivity index (χ1) is 7.89. The molecule has 0 heterocycles. The van der Waals surface area contributed by atoms with Crippen molar-refractivity contribution in [2.75, 3.05) is 0 Å². The molecule has 2 unspecified atom stereocenters. The van der Waals surface area contributed by atoms with Gasteiger partial charge in [0.15, 0.2) is 0 Å². The van der Waals surface area contributed by atoms with Crippen LogP contribution >= 0.6 is 0 Å². The van der Waals surface area contributed by atoms with Crippen LogP contribution in [-0.4, -0.2) is 0 Å². The van der Waals surface area contributed by atoms with Crippen molar-refractivity contribution < 1.29 is 0 Å². The van der Waals surface area contributed by atoms with Gasteiger partial charge in [0.2, 0.25) is 0 Å².